The van der Waals surface area contributed by atoms with Crippen molar-refractivity contribution in [2.75, 3.05) is 26.2 Å². The molecule has 0 radical (unpaired) electrons. The van der Waals surface area contributed by atoms with Crippen LogP contribution in [0.5, 0.6) is 0 Å². The highest BCUT2D eigenvalue weighted by atomic mass is 79.9. The van der Waals surface area contributed by atoms with Crippen LogP contribution in [0.1, 0.15) is 17.2 Å². The van der Waals surface area contributed by atoms with Gasteiger partial charge in [-0.1, -0.05) is 52.3 Å². The van der Waals surface area contributed by atoms with Crippen molar-refractivity contribution in [1.82, 2.24) is 15.2 Å². The van der Waals surface area contributed by atoms with E-state index in [9.17, 15) is 0 Å². The number of aromatic nitrogens is 1. The summed E-state index contributed by atoms with van der Waals surface area (Å²) in [6.07, 6.45) is 2.04. The molecule has 0 bridgehead atoms. The fourth-order valence-electron chi connectivity index (χ4n) is 3.46. The molecule has 0 amide bonds. The lowest BCUT2D eigenvalue weighted by Crippen LogP contribution is -2.45. The van der Waals surface area contributed by atoms with Crippen LogP contribution in [0, 0.1) is 0 Å². The zero-order valence-electron chi connectivity index (χ0n) is 13.5. The van der Waals surface area contributed by atoms with Gasteiger partial charge >= 0.3 is 0 Å². The van der Waals surface area contributed by atoms with Gasteiger partial charge in [-0.3, -0.25) is 9.88 Å². The lowest BCUT2D eigenvalue weighted by atomic mass is 9.96. The monoisotopic (exact) mass is 381 g/mol. The van der Waals surface area contributed by atoms with E-state index in [0.29, 0.717) is 0 Å². The number of nitrogens with one attached hydrogen (secondary N) is 1. The van der Waals surface area contributed by atoms with Gasteiger partial charge in [0.15, 0.2) is 0 Å². The number of para-hydroxylation sites is 1. The van der Waals surface area contributed by atoms with Gasteiger partial charge < -0.3 is 5.32 Å². The Morgan fingerprint density at radius 3 is 2.58 bits per heavy atom. The summed E-state index contributed by atoms with van der Waals surface area (Å²) in [5, 5.41) is 4.64. The molecule has 1 N–H and O–H groups in total. The first-order chi connectivity index (χ1) is 11.8. The minimum absolute atomic E-state index is 0.222. The Morgan fingerprint density at radius 1 is 1.00 bits per heavy atom. The number of fused-ring (bicyclic) bond motifs is 1. The quantitative estimate of drug-likeness (QED) is 0.743. The van der Waals surface area contributed by atoms with Crippen molar-refractivity contribution in [2.45, 2.75) is 6.04 Å². The maximum atomic E-state index is 4.69. The molecular formula is C20H20BrN3. The van der Waals surface area contributed by atoms with Crippen LogP contribution in [0.15, 0.2) is 65.3 Å². The number of halogens is 1. The van der Waals surface area contributed by atoms with Crippen LogP contribution < -0.4 is 5.32 Å². The average molecular weight is 382 g/mol. The number of piperazine rings is 1. The molecule has 0 saturated carbocycles. The third-order valence-electron chi connectivity index (χ3n) is 4.64. The second-order valence-electron chi connectivity index (χ2n) is 6.17. The fourth-order valence-corrected chi connectivity index (χ4v) is 3.96. The van der Waals surface area contributed by atoms with Crippen molar-refractivity contribution >= 4 is 26.8 Å². The molecule has 122 valence electrons. The molecule has 4 heteroatoms. The zero-order valence-corrected chi connectivity index (χ0v) is 15.0. The second kappa shape index (κ2) is 7.01. The molecular weight excluding hydrogens is 362 g/mol. The van der Waals surface area contributed by atoms with Crippen molar-refractivity contribution in [1.29, 1.82) is 0 Å². The van der Waals surface area contributed by atoms with E-state index in [1.807, 2.05) is 12.3 Å². The number of nitrogens with zero attached hydrogens (tertiary/aromatic N) is 2. The van der Waals surface area contributed by atoms with E-state index in [-0.39, 0.29) is 6.04 Å². The molecule has 1 atom stereocenters. The molecule has 1 aliphatic rings. The lowest BCUT2D eigenvalue weighted by molar-refractivity contribution is 0.198. The Hall–Kier alpha value is -1.75. The van der Waals surface area contributed by atoms with Gasteiger partial charge in [0.25, 0.3) is 0 Å². The van der Waals surface area contributed by atoms with Gasteiger partial charge in [0.1, 0.15) is 0 Å². The molecule has 3 nitrogen and oxygen atoms in total. The van der Waals surface area contributed by atoms with Crippen LogP contribution in [0.2, 0.25) is 0 Å². The third-order valence-corrected chi connectivity index (χ3v) is 5.37. The van der Waals surface area contributed by atoms with Crippen molar-refractivity contribution in [3.8, 4) is 0 Å². The summed E-state index contributed by atoms with van der Waals surface area (Å²) in [7, 11) is 0. The standard InChI is InChI=1S/C20H20BrN3/c21-18-7-3-2-6-17(18)20(24-11-9-22-10-12-24)16-13-15-5-1-4-8-19(15)23-14-16/h1-8,13-14,20,22H,9-12H2. The number of pyridine rings is 1. The van der Waals surface area contributed by atoms with E-state index in [2.05, 4.69) is 74.7 Å². The van der Waals surface area contributed by atoms with Crippen LogP contribution in [0.3, 0.4) is 0 Å². The predicted octanol–water partition coefficient (Wildman–Crippen LogP) is 3.99. The highest BCUT2D eigenvalue weighted by Crippen LogP contribution is 2.34. The highest BCUT2D eigenvalue weighted by molar-refractivity contribution is 9.10. The van der Waals surface area contributed by atoms with Crippen LogP contribution in [0.4, 0.5) is 0 Å². The van der Waals surface area contributed by atoms with E-state index in [1.54, 1.807) is 0 Å². The Balaban J connectivity index is 1.82. The molecule has 3 aromatic rings. The number of hydrogen-bond donors (Lipinski definition) is 1. The normalized spacial score (nSPS) is 17.0. The maximum absolute atomic E-state index is 4.69. The Labute approximate surface area is 150 Å². The van der Waals surface area contributed by atoms with E-state index in [0.717, 1.165) is 36.2 Å². The minimum atomic E-state index is 0.222. The summed E-state index contributed by atoms with van der Waals surface area (Å²) in [5.74, 6) is 0. The molecule has 2 aromatic carbocycles. The van der Waals surface area contributed by atoms with Crippen molar-refractivity contribution in [3.05, 3.63) is 76.4 Å². The van der Waals surface area contributed by atoms with E-state index >= 15 is 0 Å². The molecule has 1 saturated heterocycles. The van der Waals surface area contributed by atoms with Gasteiger partial charge in [0, 0.05) is 42.2 Å². The summed E-state index contributed by atoms with van der Waals surface area (Å²) >= 11 is 3.75. The average Bonchev–Trinajstić information content (AvgIpc) is 2.64. The molecule has 0 spiro atoms. The summed E-state index contributed by atoms with van der Waals surface area (Å²) in [6, 6.07) is 19.4. The van der Waals surface area contributed by atoms with Gasteiger partial charge in [-0.05, 0) is 29.3 Å². The van der Waals surface area contributed by atoms with Crippen molar-refractivity contribution in [3.63, 3.8) is 0 Å². The minimum Gasteiger partial charge on any atom is -0.314 e. The Bertz CT molecular complexity index is 843. The maximum Gasteiger partial charge on any atom is 0.0702 e. The number of benzene rings is 2. The summed E-state index contributed by atoms with van der Waals surface area (Å²) in [6.45, 7) is 4.14. The van der Waals surface area contributed by atoms with Crippen LogP contribution in [-0.4, -0.2) is 36.1 Å². The summed E-state index contributed by atoms with van der Waals surface area (Å²) in [4.78, 5) is 7.24. The van der Waals surface area contributed by atoms with Crippen LogP contribution in [0.25, 0.3) is 10.9 Å². The highest BCUT2D eigenvalue weighted by Gasteiger charge is 2.25. The zero-order chi connectivity index (χ0) is 16.4. The molecule has 4 rings (SSSR count). The Morgan fingerprint density at radius 2 is 1.75 bits per heavy atom. The van der Waals surface area contributed by atoms with Crippen molar-refractivity contribution < 1.29 is 0 Å². The first-order valence-corrected chi connectivity index (χ1v) is 9.16. The molecule has 24 heavy (non-hydrogen) atoms. The first-order valence-electron chi connectivity index (χ1n) is 8.37. The largest absolute Gasteiger partial charge is 0.314 e. The van der Waals surface area contributed by atoms with Gasteiger partial charge in [-0.15, -0.1) is 0 Å². The molecule has 1 unspecified atom stereocenters. The van der Waals surface area contributed by atoms with E-state index < -0.39 is 0 Å². The molecule has 0 aliphatic carbocycles. The second-order valence-corrected chi connectivity index (χ2v) is 7.03. The third kappa shape index (κ3) is 3.09. The number of hydrogen-bond acceptors (Lipinski definition) is 3. The Kier molecular flexibility index (Phi) is 4.60. The number of rotatable bonds is 3. The predicted molar refractivity (Wildman–Crippen MR) is 102 cm³/mol. The molecule has 1 aromatic heterocycles. The molecule has 1 fully saturated rings. The first kappa shape index (κ1) is 15.8. The summed E-state index contributed by atoms with van der Waals surface area (Å²) < 4.78 is 1.15. The van der Waals surface area contributed by atoms with Crippen LogP contribution in [-0.2, 0) is 0 Å². The van der Waals surface area contributed by atoms with Crippen LogP contribution >= 0.6 is 15.9 Å². The van der Waals surface area contributed by atoms with Gasteiger partial charge in [-0.2, -0.15) is 0 Å². The van der Waals surface area contributed by atoms with Gasteiger partial charge in [-0.25, -0.2) is 0 Å². The smallest absolute Gasteiger partial charge is 0.0702 e. The topological polar surface area (TPSA) is 28.2 Å². The van der Waals surface area contributed by atoms with Crippen molar-refractivity contribution in [2.24, 2.45) is 0 Å². The fraction of sp³-hybridized carbons (Fsp3) is 0.250. The van der Waals surface area contributed by atoms with E-state index in [4.69, 9.17) is 4.98 Å². The molecule has 2 heterocycles. The van der Waals surface area contributed by atoms with E-state index in [1.165, 1.54) is 16.5 Å². The lowest BCUT2D eigenvalue weighted by Gasteiger charge is -2.36. The summed E-state index contributed by atoms with van der Waals surface area (Å²) in [5.41, 5.74) is 3.60. The SMILES string of the molecule is Brc1ccccc1C(c1cnc2ccccc2c1)N1CCNCC1. The molecule has 1 aliphatic heterocycles. The van der Waals surface area contributed by atoms with Gasteiger partial charge in [0.05, 0.1) is 11.6 Å². The van der Waals surface area contributed by atoms with Gasteiger partial charge in [0.2, 0.25) is 0 Å².